The lowest BCUT2D eigenvalue weighted by molar-refractivity contribution is 0.481. The summed E-state index contributed by atoms with van der Waals surface area (Å²) in [4.78, 5) is 11.4. The van der Waals surface area contributed by atoms with Crippen molar-refractivity contribution in [2.75, 3.05) is 19.0 Å². The van der Waals surface area contributed by atoms with Crippen LogP contribution in [0, 0.1) is 12.3 Å². The standard InChI is InChI=1S/C37H30N4O/c1-4-37(35-19-10-11-22-38-35,34-18-9-8-17-33(34)28-13-6-5-7-14-28)29-15-12-16-31(25-29)42-32-21-24-41(27-32)36-26-30(40(2)3)20-23-39-36/h1,5-27H,2-3H3. The molecule has 3 aromatic heterocycles. The predicted molar refractivity (Wildman–Crippen MR) is 169 cm³/mol. The number of hydrogen-bond donors (Lipinski definition) is 0. The van der Waals surface area contributed by atoms with Gasteiger partial charge in [0, 0.05) is 44.4 Å². The number of aromatic nitrogens is 3. The number of rotatable bonds is 8. The van der Waals surface area contributed by atoms with Crippen LogP contribution in [-0.2, 0) is 5.41 Å². The maximum Gasteiger partial charge on any atom is 0.145 e. The van der Waals surface area contributed by atoms with Crippen molar-refractivity contribution >= 4 is 5.69 Å². The van der Waals surface area contributed by atoms with Gasteiger partial charge in [-0.2, -0.15) is 0 Å². The average Bonchev–Trinajstić information content (AvgIpc) is 3.52. The molecule has 5 heteroatoms. The highest BCUT2D eigenvalue weighted by atomic mass is 16.5. The molecule has 3 heterocycles. The third-order valence-electron chi connectivity index (χ3n) is 7.36. The van der Waals surface area contributed by atoms with Crippen LogP contribution in [-0.4, -0.2) is 28.6 Å². The first-order chi connectivity index (χ1) is 20.6. The smallest absolute Gasteiger partial charge is 0.145 e. The Morgan fingerprint density at radius 2 is 1.57 bits per heavy atom. The Hall–Kier alpha value is -5.60. The minimum Gasteiger partial charge on any atom is -0.456 e. The third-order valence-corrected chi connectivity index (χ3v) is 7.36. The molecule has 6 rings (SSSR count). The van der Waals surface area contributed by atoms with Gasteiger partial charge in [0.15, 0.2) is 0 Å². The fraction of sp³-hybridized carbons (Fsp3) is 0.0811. The summed E-state index contributed by atoms with van der Waals surface area (Å²) < 4.78 is 8.32. The van der Waals surface area contributed by atoms with E-state index in [1.54, 1.807) is 12.4 Å². The molecule has 0 bridgehead atoms. The highest BCUT2D eigenvalue weighted by Gasteiger charge is 2.38. The van der Waals surface area contributed by atoms with Gasteiger partial charge in [-0.25, -0.2) is 4.98 Å². The molecule has 204 valence electrons. The Bertz CT molecular complexity index is 1850. The number of ether oxygens (including phenoxy) is 1. The van der Waals surface area contributed by atoms with Gasteiger partial charge in [-0.3, -0.25) is 4.98 Å². The molecule has 3 aromatic carbocycles. The van der Waals surface area contributed by atoms with Crippen LogP contribution >= 0.6 is 0 Å². The van der Waals surface area contributed by atoms with Crippen LogP contribution in [0.5, 0.6) is 11.5 Å². The Morgan fingerprint density at radius 3 is 2.36 bits per heavy atom. The van der Waals surface area contributed by atoms with Gasteiger partial charge < -0.3 is 14.2 Å². The zero-order valence-corrected chi connectivity index (χ0v) is 23.6. The normalized spacial score (nSPS) is 12.2. The number of nitrogens with zero attached hydrogens (tertiary/aromatic N) is 4. The maximum atomic E-state index is 6.51. The summed E-state index contributed by atoms with van der Waals surface area (Å²) in [6, 6.07) is 38.4. The molecular formula is C37H30N4O. The maximum absolute atomic E-state index is 6.51. The monoisotopic (exact) mass is 546 g/mol. The zero-order valence-electron chi connectivity index (χ0n) is 23.6. The van der Waals surface area contributed by atoms with Crippen molar-refractivity contribution < 1.29 is 4.74 Å². The summed E-state index contributed by atoms with van der Waals surface area (Å²) in [5.41, 5.74) is 4.89. The third kappa shape index (κ3) is 5.02. The Labute approximate surface area is 246 Å². The van der Waals surface area contributed by atoms with Crippen molar-refractivity contribution in [2.24, 2.45) is 0 Å². The highest BCUT2D eigenvalue weighted by molar-refractivity contribution is 5.74. The summed E-state index contributed by atoms with van der Waals surface area (Å²) in [6.45, 7) is 0. The Kier molecular flexibility index (Phi) is 7.28. The fourth-order valence-corrected chi connectivity index (χ4v) is 5.28. The second-order valence-electron chi connectivity index (χ2n) is 10.2. The van der Waals surface area contributed by atoms with Crippen LogP contribution in [0.4, 0.5) is 5.69 Å². The van der Waals surface area contributed by atoms with Gasteiger partial charge in [0.1, 0.15) is 22.7 Å². The van der Waals surface area contributed by atoms with Crippen molar-refractivity contribution in [2.45, 2.75) is 5.41 Å². The van der Waals surface area contributed by atoms with E-state index in [9.17, 15) is 0 Å². The lowest BCUT2D eigenvalue weighted by Gasteiger charge is -2.31. The quantitative estimate of drug-likeness (QED) is 0.183. The number of terminal acetylenes is 1. The van der Waals surface area contributed by atoms with Gasteiger partial charge in [0.2, 0.25) is 0 Å². The highest BCUT2D eigenvalue weighted by Crippen LogP contribution is 2.43. The second kappa shape index (κ2) is 11.5. The molecule has 0 spiro atoms. The van der Waals surface area contributed by atoms with Crippen LogP contribution < -0.4 is 9.64 Å². The van der Waals surface area contributed by atoms with Gasteiger partial charge in [0.05, 0.1) is 11.9 Å². The first kappa shape index (κ1) is 26.6. The fourth-order valence-electron chi connectivity index (χ4n) is 5.28. The van der Waals surface area contributed by atoms with E-state index in [1.807, 2.05) is 127 Å². The van der Waals surface area contributed by atoms with Crippen LogP contribution in [0.2, 0.25) is 0 Å². The Balaban J connectivity index is 1.42. The molecule has 1 atom stereocenters. The van der Waals surface area contributed by atoms with Crippen LogP contribution in [0.1, 0.15) is 16.8 Å². The van der Waals surface area contributed by atoms with E-state index >= 15 is 0 Å². The number of anilines is 1. The molecule has 0 amide bonds. The van der Waals surface area contributed by atoms with E-state index in [4.69, 9.17) is 16.1 Å². The van der Waals surface area contributed by atoms with Crippen molar-refractivity contribution in [1.82, 2.24) is 14.5 Å². The molecule has 0 aliphatic rings. The van der Waals surface area contributed by atoms with E-state index < -0.39 is 5.41 Å². The van der Waals surface area contributed by atoms with Crippen molar-refractivity contribution in [1.29, 1.82) is 0 Å². The summed E-state index contributed by atoms with van der Waals surface area (Å²) in [5, 5.41) is 0. The molecule has 0 fully saturated rings. The molecular weight excluding hydrogens is 516 g/mol. The van der Waals surface area contributed by atoms with E-state index in [-0.39, 0.29) is 0 Å². The summed E-state index contributed by atoms with van der Waals surface area (Å²) >= 11 is 0. The van der Waals surface area contributed by atoms with Gasteiger partial charge in [-0.1, -0.05) is 78.7 Å². The molecule has 5 nitrogen and oxygen atoms in total. The topological polar surface area (TPSA) is 43.2 Å². The minimum atomic E-state index is -0.963. The van der Waals surface area contributed by atoms with E-state index in [2.05, 4.69) is 35.2 Å². The predicted octanol–water partition coefficient (Wildman–Crippen LogP) is 7.76. The lowest BCUT2D eigenvalue weighted by Crippen LogP contribution is -2.29. The zero-order chi connectivity index (χ0) is 28.9. The molecule has 0 aliphatic heterocycles. The average molecular weight is 547 g/mol. The summed E-state index contributed by atoms with van der Waals surface area (Å²) in [5.74, 6) is 5.35. The van der Waals surface area contributed by atoms with Gasteiger partial charge in [0.25, 0.3) is 0 Å². The van der Waals surface area contributed by atoms with Gasteiger partial charge in [-0.05, 0) is 58.7 Å². The number of pyridine rings is 2. The first-order valence-electron chi connectivity index (χ1n) is 13.7. The van der Waals surface area contributed by atoms with E-state index in [1.165, 1.54) is 0 Å². The van der Waals surface area contributed by atoms with Crippen molar-refractivity contribution in [3.63, 3.8) is 0 Å². The molecule has 0 N–H and O–H groups in total. The molecule has 0 radical (unpaired) electrons. The summed E-state index contributed by atoms with van der Waals surface area (Å²) in [7, 11) is 4.02. The first-order valence-corrected chi connectivity index (χ1v) is 13.7. The molecule has 42 heavy (non-hydrogen) atoms. The molecule has 0 saturated heterocycles. The minimum absolute atomic E-state index is 0.674. The van der Waals surface area contributed by atoms with Crippen molar-refractivity contribution in [3.8, 4) is 40.8 Å². The van der Waals surface area contributed by atoms with E-state index in [0.717, 1.165) is 39.5 Å². The van der Waals surface area contributed by atoms with Crippen LogP contribution in [0.25, 0.3) is 16.9 Å². The largest absolute Gasteiger partial charge is 0.456 e. The second-order valence-corrected chi connectivity index (χ2v) is 10.2. The van der Waals surface area contributed by atoms with Crippen molar-refractivity contribution in [3.05, 3.63) is 157 Å². The summed E-state index contributed by atoms with van der Waals surface area (Å²) in [6.07, 6.45) is 14.0. The molecule has 0 saturated carbocycles. The molecule has 1 unspecified atom stereocenters. The molecule has 0 aliphatic carbocycles. The SMILES string of the molecule is C#CC(c1cccc(Oc2ccn(-c3cc(N(C)C)ccn3)c2)c1)(c1ccccn1)c1ccccc1-c1ccccc1. The van der Waals surface area contributed by atoms with Gasteiger partial charge >= 0.3 is 0 Å². The van der Waals surface area contributed by atoms with Crippen LogP contribution in [0.15, 0.2) is 140 Å². The lowest BCUT2D eigenvalue weighted by atomic mass is 9.70. The van der Waals surface area contributed by atoms with E-state index in [0.29, 0.717) is 11.5 Å². The number of hydrogen-bond acceptors (Lipinski definition) is 4. The van der Waals surface area contributed by atoms with Gasteiger partial charge in [-0.15, -0.1) is 6.42 Å². The Morgan fingerprint density at radius 1 is 0.762 bits per heavy atom. The van der Waals surface area contributed by atoms with Crippen LogP contribution in [0.3, 0.4) is 0 Å². The molecule has 6 aromatic rings. The number of benzene rings is 3.